The van der Waals surface area contributed by atoms with Crippen LogP contribution in [0.25, 0.3) is 11.4 Å². The predicted octanol–water partition coefficient (Wildman–Crippen LogP) is 3.17. The van der Waals surface area contributed by atoms with Crippen molar-refractivity contribution in [2.75, 3.05) is 11.6 Å². The van der Waals surface area contributed by atoms with E-state index in [0.29, 0.717) is 22.0 Å². The first-order chi connectivity index (χ1) is 11.8. The molecule has 3 aromatic rings. The van der Waals surface area contributed by atoms with Crippen molar-refractivity contribution in [3.63, 3.8) is 0 Å². The number of nitrogens with one attached hydrogen (secondary N) is 1. The highest BCUT2D eigenvalue weighted by Crippen LogP contribution is 2.24. The summed E-state index contributed by atoms with van der Waals surface area (Å²) >= 11 is 1.28. The van der Waals surface area contributed by atoms with Gasteiger partial charge in [0.2, 0.25) is 0 Å². The molecule has 0 saturated carbocycles. The molecule has 2 aromatic heterocycles. The minimum Gasteiger partial charge on any atom is -0.298 e. The fourth-order valence-electron chi connectivity index (χ4n) is 2.20. The second-order valence-electron chi connectivity index (χ2n) is 5.46. The Hall–Kier alpha value is -2.58. The van der Waals surface area contributed by atoms with Crippen molar-refractivity contribution in [3.05, 3.63) is 59.1 Å². The van der Waals surface area contributed by atoms with Gasteiger partial charge in [0.1, 0.15) is 5.69 Å². The third-order valence-electron chi connectivity index (χ3n) is 3.53. The highest BCUT2D eigenvalue weighted by Gasteiger charge is 2.16. The molecule has 0 saturated heterocycles. The van der Waals surface area contributed by atoms with Gasteiger partial charge in [-0.15, -0.1) is 11.3 Å². The maximum Gasteiger partial charge on any atom is 0.257 e. The maximum atomic E-state index is 12.5. The molecule has 8 heteroatoms. The number of aryl methyl sites for hydroxylation is 1. The van der Waals surface area contributed by atoms with Gasteiger partial charge in [-0.05, 0) is 36.8 Å². The molecule has 25 heavy (non-hydrogen) atoms. The lowest BCUT2D eigenvalue weighted by Crippen LogP contribution is -2.14. The van der Waals surface area contributed by atoms with Crippen molar-refractivity contribution in [2.24, 2.45) is 0 Å². The van der Waals surface area contributed by atoms with Crippen LogP contribution in [0.3, 0.4) is 0 Å². The van der Waals surface area contributed by atoms with Crippen LogP contribution in [0, 0.1) is 6.92 Å². The molecular weight excluding hydrogens is 358 g/mol. The highest BCUT2D eigenvalue weighted by atomic mass is 32.2. The second-order valence-corrected chi connectivity index (χ2v) is 8.33. The lowest BCUT2D eigenvalue weighted by atomic mass is 10.1. The average molecular weight is 373 g/mol. The summed E-state index contributed by atoms with van der Waals surface area (Å²) < 4.78 is 23.4. The minimum atomic E-state index is -3.38. The molecule has 0 fully saturated rings. The van der Waals surface area contributed by atoms with E-state index in [0.717, 1.165) is 11.9 Å². The zero-order valence-corrected chi connectivity index (χ0v) is 15.2. The number of nitrogens with zero attached hydrogens (tertiary/aromatic N) is 2. The molecule has 0 spiro atoms. The minimum absolute atomic E-state index is 0.108. The highest BCUT2D eigenvalue weighted by molar-refractivity contribution is 7.90. The first-order valence-corrected chi connectivity index (χ1v) is 10.1. The number of amides is 1. The van der Waals surface area contributed by atoms with Crippen molar-refractivity contribution in [1.29, 1.82) is 0 Å². The van der Waals surface area contributed by atoms with Gasteiger partial charge < -0.3 is 0 Å². The van der Waals surface area contributed by atoms with Crippen LogP contribution in [0.15, 0.2) is 52.9 Å². The number of aromatic nitrogens is 2. The number of thiazole rings is 1. The summed E-state index contributed by atoms with van der Waals surface area (Å²) in [4.78, 5) is 21.2. The molecule has 0 radical (unpaired) electrons. The molecule has 0 bridgehead atoms. The number of pyridine rings is 1. The van der Waals surface area contributed by atoms with Crippen LogP contribution in [0.5, 0.6) is 0 Å². The van der Waals surface area contributed by atoms with E-state index in [9.17, 15) is 13.2 Å². The van der Waals surface area contributed by atoms with Crippen LogP contribution in [0.2, 0.25) is 0 Å². The van der Waals surface area contributed by atoms with Crippen LogP contribution < -0.4 is 5.32 Å². The second kappa shape index (κ2) is 6.73. The normalized spacial score (nSPS) is 11.3. The summed E-state index contributed by atoms with van der Waals surface area (Å²) in [5.74, 6) is -0.398. The Labute approximate surface area is 149 Å². The molecule has 0 aliphatic heterocycles. The Morgan fingerprint density at radius 2 is 1.96 bits per heavy atom. The number of anilines is 1. The molecule has 0 atom stereocenters. The van der Waals surface area contributed by atoms with Crippen LogP contribution in [-0.4, -0.2) is 30.5 Å². The number of carbonyl (C=O) groups excluding carboxylic acids is 1. The van der Waals surface area contributed by atoms with E-state index < -0.39 is 15.7 Å². The number of hydrogen-bond acceptors (Lipinski definition) is 6. The van der Waals surface area contributed by atoms with Crippen molar-refractivity contribution in [2.45, 2.75) is 11.8 Å². The standard InChI is InChI=1S/C17H15N3O3S2/c1-11-6-7-12(25(2,22)23)9-13(11)16(21)20-17-19-15(10-24-17)14-5-3-4-8-18-14/h3-10H,1-2H3,(H,19,20,21). The fourth-order valence-corrected chi connectivity index (χ4v) is 3.55. The van der Waals surface area contributed by atoms with Gasteiger partial charge in [-0.25, -0.2) is 13.4 Å². The van der Waals surface area contributed by atoms with Crippen molar-refractivity contribution in [1.82, 2.24) is 9.97 Å². The molecular formula is C17H15N3O3S2. The molecule has 1 aromatic carbocycles. The summed E-state index contributed by atoms with van der Waals surface area (Å²) in [6.45, 7) is 1.75. The first kappa shape index (κ1) is 17.2. The van der Waals surface area contributed by atoms with E-state index in [1.807, 2.05) is 18.2 Å². The van der Waals surface area contributed by atoms with Crippen molar-refractivity contribution < 1.29 is 13.2 Å². The quantitative estimate of drug-likeness (QED) is 0.759. The average Bonchev–Trinajstić information content (AvgIpc) is 3.03. The molecule has 6 nitrogen and oxygen atoms in total. The van der Waals surface area contributed by atoms with Gasteiger partial charge >= 0.3 is 0 Å². The lowest BCUT2D eigenvalue weighted by molar-refractivity contribution is 0.102. The topological polar surface area (TPSA) is 89.0 Å². The smallest absolute Gasteiger partial charge is 0.257 e. The summed E-state index contributed by atoms with van der Waals surface area (Å²) in [5, 5.41) is 4.94. The number of sulfone groups is 1. The van der Waals surface area contributed by atoms with Gasteiger partial charge in [0, 0.05) is 23.4 Å². The Balaban J connectivity index is 1.85. The first-order valence-electron chi connectivity index (χ1n) is 7.33. The molecule has 1 amide bonds. The van der Waals surface area contributed by atoms with Crippen LogP contribution in [0.1, 0.15) is 15.9 Å². The zero-order chi connectivity index (χ0) is 18.0. The number of benzene rings is 1. The molecule has 3 rings (SSSR count). The third kappa shape index (κ3) is 3.92. The van der Waals surface area contributed by atoms with Gasteiger partial charge in [-0.3, -0.25) is 15.1 Å². The van der Waals surface area contributed by atoms with E-state index in [1.165, 1.54) is 23.5 Å². The summed E-state index contributed by atoms with van der Waals surface area (Å²) in [7, 11) is -3.38. The molecule has 0 unspecified atom stereocenters. The number of hydrogen-bond donors (Lipinski definition) is 1. The lowest BCUT2D eigenvalue weighted by Gasteiger charge is -2.07. The van der Waals surface area contributed by atoms with Crippen LogP contribution in [0.4, 0.5) is 5.13 Å². The van der Waals surface area contributed by atoms with Gasteiger partial charge in [0.15, 0.2) is 15.0 Å². The fraction of sp³-hybridized carbons (Fsp3) is 0.118. The maximum absolute atomic E-state index is 12.5. The van der Waals surface area contributed by atoms with Gasteiger partial charge in [0.05, 0.1) is 10.6 Å². The number of rotatable bonds is 4. The summed E-state index contributed by atoms with van der Waals surface area (Å²) in [6.07, 6.45) is 2.78. The van der Waals surface area contributed by atoms with E-state index in [1.54, 1.807) is 24.6 Å². The molecule has 0 aliphatic rings. The van der Waals surface area contributed by atoms with Gasteiger partial charge in [0.25, 0.3) is 5.91 Å². The SMILES string of the molecule is Cc1ccc(S(C)(=O)=O)cc1C(=O)Nc1nc(-c2ccccn2)cs1. The molecule has 128 valence electrons. The van der Waals surface area contributed by atoms with E-state index in [2.05, 4.69) is 15.3 Å². The Kier molecular flexibility index (Phi) is 4.65. The number of carbonyl (C=O) groups is 1. The predicted molar refractivity (Wildman–Crippen MR) is 97.6 cm³/mol. The van der Waals surface area contributed by atoms with Crippen LogP contribution >= 0.6 is 11.3 Å². The molecule has 0 aliphatic carbocycles. The zero-order valence-electron chi connectivity index (χ0n) is 13.6. The monoisotopic (exact) mass is 373 g/mol. The largest absolute Gasteiger partial charge is 0.298 e. The summed E-state index contributed by atoms with van der Waals surface area (Å²) in [5.41, 5.74) is 2.38. The van der Waals surface area contributed by atoms with E-state index in [-0.39, 0.29) is 4.90 Å². The van der Waals surface area contributed by atoms with Crippen molar-refractivity contribution >= 4 is 32.2 Å². The van der Waals surface area contributed by atoms with Gasteiger partial charge in [-0.2, -0.15) is 0 Å². The Morgan fingerprint density at radius 1 is 1.16 bits per heavy atom. The third-order valence-corrected chi connectivity index (χ3v) is 5.40. The van der Waals surface area contributed by atoms with E-state index in [4.69, 9.17) is 0 Å². The Morgan fingerprint density at radius 3 is 2.64 bits per heavy atom. The van der Waals surface area contributed by atoms with Crippen molar-refractivity contribution in [3.8, 4) is 11.4 Å². The summed E-state index contributed by atoms with van der Waals surface area (Å²) in [6, 6.07) is 10.0. The van der Waals surface area contributed by atoms with E-state index >= 15 is 0 Å². The van der Waals surface area contributed by atoms with Crippen LogP contribution in [-0.2, 0) is 9.84 Å². The Bertz CT molecular complexity index is 1030. The van der Waals surface area contributed by atoms with Gasteiger partial charge in [-0.1, -0.05) is 12.1 Å². The molecule has 2 heterocycles. The molecule has 1 N–H and O–H groups in total.